The summed E-state index contributed by atoms with van der Waals surface area (Å²) in [6, 6.07) is 21.5. The first-order valence-corrected chi connectivity index (χ1v) is 11.3. The van der Waals surface area contributed by atoms with Gasteiger partial charge in [-0.3, -0.25) is 19.3 Å². The Bertz CT molecular complexity index is 1290. The Labute approximate surface area is 207 Å². The van der Waals surface area contributed by atoms with Gasteiger partial charge in [0.05, 0.1) is 6.54 Å². The summed E-state index contributed by atoms with van der Waals surface area (Å²) in [7, 11) is 0. The Morgan fingerprint density at radius 1 is 0.882 bits per heavy atom. The molecule has 0 saturated heterocycles. The number of rotatable bonds is 7. The summed E-state index contributed by atoms with van der Waals surface area (Å²) in [5, 5.41) is 6.27. The number of nitrogens with one attached hydrogen (secondary N) is 2. The van der Waals surface area contributed by atoms with Crippen LogP contribution in [0, 0.1) is 6.92 Å². The highest BCUT2D eigenvalue weighted by molar-refractivity contribution is 6.48. The van der Waals surface area contributed by atoms with Crippen LogP contribution in [0.5, 0.6) is 0 Å². The summed E-state index contributed by atoms with van der Waals surface area (Å²) in [6.07, 6.45) is 0. The molecule has 0 radical (unpaired) electrons. The van der Waals surface area contributed by atoms with Gasteiger partial charge in [0.25, 0.3) is 17.7 Å². The number of imide groups is 1. The summed E-state index contributed by atoms with van der Waals surface area (Å²) in [6.45, 7) is 2.28. The van der Waals surface area contributed by atoms with Gasteiger partial charge in [-0.05, 0) is 47.9 Å². The quantitative estimate of drug-likeness (QED) is 0.453. The Morgan fingerprint density at radius 3 is 2.29 bits per heavy atom. The van der Waals surface area contributed by atoms with Crippen molar-refractivity contribution < 1.29 is 14.4 Å². The van der Waals surface area contributed by atoms with Gasteiger partial charge in [-0.2, -0.15) is 0 Å². The maximum absolute atomic E-state index is 13.0. The topological polar surface area (TPSA) is 78.5 Å². The van der Waals surface area contributed by atoms with Crippen molar-refractivity contribution in [1.29, 1.82) is 0 Å². The number of amides is 3. The lowest BCUT2D eigenvalue weighted by Crippen LogP contribution is -2.31. The van der Waals surface area contributed by atoms with E-state index >= 15 is 0 Å². The number of hydrogen-bond donors (Lipinski definition) is 2. The third-order valence-electron chi connectivity index (χ3n) is 5.42. The smallest absolute Gasteiger partial charge is 0.279 e. The van der Waals surface area contributed by atoms with Crippen molar-refractivity contribution in [2.45, 2.75) is 20.0 Å². The molecule has 3 amide bonds. The molecule has 0 spiro atoms. The summed E-state index contributed by atoms with van der Waals surface area (Å²) >= 11 is 12.1. The Morgan fingerprint density at radius 2 is 1.59 bits per heavy atom. The molecule has 0 atom stereocenters. The summed E-state index contributed by atoms with van der Waals surface area (Å²) in [5.74, 6) is -1.36. The molecule has 34 heavy (non-hydrogen) atoms. The van der Waals surface area contributed by atoms with Crippen LogP contribution in [0.25, 0.3) is 0 Å². The molecule has 1 aliphatic rings. The van der Waals surface area contributed by atoms with E-state index in [9.17, 15) is 14.4 Å². The van der Waals surface area contributed by atoms with Crippen molar-refractivity contribution in [1.82, 2.24) is 10.2 Å². The van der Waals surface area contributed by atoms with Crippen LogP contribution in [0.15, 0.2) is 83.5 Å². The molecule has 2 N–H and O–H groups in total. The molecule has 8 heteroatoms. The molecular formula is C26H21Cl2N3O3. The van der Waals surface area contributed by atoms with E-state index in [2.05, 4.69) is 10.6 Å². The predicted molar refractivity (Wildman–Crippen MR) is 132 cm³/mol. The number of hydrogen-bond acceptors (Lipinski definition) is 4. The molecule has 1 aliphatic heterocycles. The third-order valence-corrected chi connectivity index (χ3v) is 6.02. The van der Waals surface area contributed by atoms with E-state index in [-0.39, 0.29) is 23.2 Å². The van der Waals surface area contributed by atoms with Crippen LogP contribution >= 0.6 is 23.2 Å². The second kappa shape index (κ2) is 10.1. The van der Waals surface area contributed by atoms with Gasteiger partial charge in [-0.1, -0.05) is 71.7 Å². The summed E-state index contributed by atoms with van der Waals surface area (Å²) < 4.78 is 0. The largest absolute Gasteiger partial charge is 0.349 e. The van der Waals surface area contributed by atoms with Crippen molar-refractivity contribution in [2.75, 3.05) is 5.32 Å². The van der Waals surface area contributed by atoms with Gasteiger partial charge in [0.1, 0.15) is 10.7 Å². The molecule has 0 aliphatic carbocycles. The first kappa shape index (κ1) is 23.5. The van der Waals surface area contributed by atoms with Gasteiger partial charge in [0.15, 0.2) is 0 Å². The van der Waals surface area contributed by atoms with Crippen molar-refractivity contribution in [3.63, 3.8) is 0 Å². The van der Waals surface area contributed by atoms with Crippen molar-refractivity contribution in [2.24, 2.45) is 0 Å². The fraction of sp³-hybridized carbons (Fsp3) is 0.115. The van der Waals surface area contributed by atoms with Crippen LogP contribution in [0.4, 0.5) is 5.69 Å². The highest BCUT2D eigenvalue weighted by atomic mass is 35.5. The van der Waals surface area contributed by atoms with Gasteiger partial charge >= 0.3 is 0 Å². The molecule has 4 rings (SSSR count). The van der Waals surface area contributed by atoms with Gasteiger partial charge in [-0.25, -0.2) is 0 Å². The lowest BCUT2D eigenvalue weighted by Gasteiger charge is -2.16. The molecule has 172 valence electrons. The fourth-order valence-electron chi connectivity index (χ4n) is 3.48. The summed E-state index contributed by atoms with van der Waals surface area (Å²) in [4.78, 5) is 39.4. The second-order valence-electron chi connectivity index (χ2n) is 7.83. The van der Waals surface area contributed by atoms with Gasteiger partial charge in [0, 0.05) is 22.8 Å². The zero-order valence-electron chi connectivity index (χ0n) is 18.3. The first-order chi connectivity index (χ1) is 16.3. The van der Waals surface area contributed by atoms with Gasteiger partial charge in [-0.15, -0.1) is 0 Å². The lowest BCUT2D eigenvalue weighted by atomic mass is 10.1. The summed E-state index contributed by atoms with van der Waals surface area (Å²) in [5.41, 5.74) is 3.41. The minimum atomic E-state index is -0.562. The van der Waals surface area contributed by atoms with E-state index in [0.29, 0.717) is 22.8 Å². The minimum Gasteiger partial charge on any atom is -0.349 e. The van der Waals surface area contributed by atoms with Crippen LogP contribution in [0.2, 0.25) is 5.02 Å². The number of carbonyl (C=O) groups excluding carboxylic acids is 3. The Kier molecular flexibility index (Phi) is 7.01. The monoisotopic (exact) mass is 493 g/mol. The van der Waals surface area contributed by atoms with E-state index in [1.165, 1.54) is 0 Å². The van der Waals surface area contributed by atoms with E-state index in [1.54, 1.807) is 30.3 Å². The molecule has 1 heterocycles. The highest BCUT2D eigenvalue weighted by Crippen LogP contribution is 2.28. The molecule has 0 bridgehead atoms. The Balaban J connectivity index is 1.48. The standard InChI is InChI=1S/C26H21Cl2N3O3/c1-16-7-10-19(24(32)29-14-17-8-11-20(27)12-9-17)13-21(16)30-23-22(28)25(33)31(26(23)34)15-18-5-3-2-4-6-18/h2-13,30H,14-15H2,1H3,(H,29,32). The normalized spacial score (nSPS) is 13.4. The van der Waals surface area contributed by atoms with E-state index in [1.807, 2.05) is 49.4 Å². The molecule has 0 fully saturated rings. The van der Waals surface area contributed by atoms with Crippen LogP contribution in [0.1, 0.15) is 27.0 Å². The van der Waals surface area contributed by atoms with E-state index < -0.39 is 11.8 Å². The average molecular weight is 494 g/mol. The second-order valence-corrected chi connectivity index (χ2v) is 8.65. The molecule has 6 nitrogen and oxygen atoms in total. The number of anilines is 1. The van der Waals surface area contributed by atoms with E-state index in [0.717, 1.165) is 21.6 Å². The third kappa shape index (κ3) is 5.14. The average Bonchev–Trinajstić information content (AvgIpc) is 3.04. The number of nitrogens with zero attached hydrogens (tertiary/aromatic N) is 1. The molecule has 0 saturated carbocycles. The molecular weight excluding hydrogens is 473 g/mol. The lowest BCUT2D eigenvalue weighted by molar-refractivity contribution is -0.138. The molecule has 3 aromatic rings. The van der Waals surface area contributed by atoms with E-state index in [4.69, 9.17) is 23.2 Å². The van der Waals surface area contributed by atoms with Crippen molar-refractivity contribution in [3.8, 4) is 0 Å². The molecule has 3 aromatic carbocycles. The van der Waals surface area contributed by atoms with Crippen LogP contribution in [-0.4, -0.2) is 22.6 Å². The Hall–Kier alpha value is -3.61. The predicted octanol–water partition coefficient (Wildman–Crippen LogP) is 5.01. The SMILES string of the molecule is Cc1ccc(C(=O)NCc2ccc(Cl)cc2)cc1NC1=C(Cl)C(=O)N(Cc2ccccc2)C1=O. The highest BCUT2D eigenvalue weighted by Gasteiger charge is 2.38. The van der Waals surface area contributed by atoms with Crippen molar-refractivity contribution >= 4 is 46.6 Å². The van der Waals surface area contributed by atoms with Gasteiger partial charge in [0.2, 0.25) is 0 Å². The fourth-order valence-corrected chi connectivity index (χ4v) is 3.84. The number of halogens is 2. The first-order valence-electron chi connectivity index (χ1n) is 10.5. The zero-order chi connectivity index (χ0) is 24.2. The zero-order valence-corrected chi connectivity index (χ0v) is 19.8. The van der Waals surface area contributed by atoms with Crippen LogP contribution in [0.3, 0.4) is 0 Å². The van der Waals surface area contributed by atoms with Crippen LogP contribution < -0.4 is 10.6 Å². The maximum Gasteiger partial charge on any atom is 0.279 e. The van der Waals surface area contributed by atoms with Crippen LogP contribution in [-0.2, 0) is 22.7 Å². The minimum absolute atomic E-state index is 0.00980. The molecule has 0 aromatic heterocycles. The maximum atomic E-state index is 13.0. The van der Waals surface area contributed by atoms with Gasteiger partial charge < -0.3 is 10.6 Å². The van der Waals surface area contributed by atoms with Crippen molar-refractivity contribution in [3.05, 3.63) is 111 Å². The number of aryl methyl sites for hydroxylation is 1. The molecule has 0 unspecified atom stereocenters. The number of benzene rings is 3. The number of carbonyl (C=O) groups is 3.